The molecule has 1 aromatic rings. The van der Waals surface area contributed by atoms with Crippen LogP contribution < -0.4 is 14.9 Å². The highest BCUT2D eigenvalue weighted by atomic mass is 35.5. The largest absolute Gasteiger partial charge is 0.326 e. The number of carbonyl (C=O) groups is 1. The maximum absolute atomic E-state index is 12.0. The second kappa shape index (κ2) is 8.18. The van der Waals surface area contributed by atoms with E-state index >= 15 is 0 Å². The van der Waals surface area contributed by atoms with Crippen molar-refractivity contribution in [1.29, 1.82) is 0 Å². The van der Waals surface area contributed by atoms with Crippen LogP contribution in [0, 0.1) is 5.92 Å². The Kier molecular flexibility index (Phi) is 6.48. The minimum Gasteiger partial charge on any atom is -0.326 e. The van der Waals surface area contributed by atoms with Gasteiger partial charge in [-0.3, -0.25) is 9.10 Å². The first-order valence-electron chi connectivity index (χ1n) is 8.16. The van der Waals surface area contributed by atoms with Crippen molar-refractivity contribution in [3.63, 3.8) is 0 Å². The highest BCUT2D eigenvalue weighted by Gasteiger charge is 2.28. The molecule has 1 amide bonds. The summed E-state index contributed by atoms with van der Waals surface area (Å²) in [5.74, 6) is 0.823. The molecular weight excluding hydrogens is 350 g/mol. The van der Waals surface area contributed by atoms with E-state index in [1.807, 2.05) is 0 Å². The van der Waals surface area contributed by atoms with Gasteiger partial charge in [0, 0.05) is 18.7 Å². The normalized spacial score (nSPS) is 22.2. The average Bonchev–Trinajstić information content (AvgIpc) is 3.15. The molecular formula is C16H24ClN3O3S. The molecule has 2 aliphatic heterocycles. The molecule has 0 aliphatic carbocycles. The van der Waals surface area contributed by atoms with Crippen LogP contribution in [-0.4, -0.2) is 39.7 Å². The molecule has 3 rings (SSSR count). The van der Waals surface area contributed by atoms with Crippen LogP contribution >= 0.6 is 12.4 Å². The highest BCUT2D eigenvalue weighted by Crippen LogP contribution is 2.25. The number of nitrogens with one attached hydrogen (secondary N) is 2. The van der Waals surface area contributed by atoms with E-state index in [4.69, 9.17) is 0 Å². The number of sulfonamides is 1. The summed E-state index contributed by atoms with van der Waals surface area (Å²) in [4.78, 5) is 12.0. The molecule has 1 atom stereocenters. The summed E-state index contributed by atoms with van der Waals surface area (Å²) < 4.78 is 25.2. The van der Waals surface area contributed by atoms with Gasteiger partial charge in [-0.15, -0.1) is 12.4 Å². The van der Waals surface area contributed by atoms with Crippen LogP contribution in [0.25, 0.3) is 0 Å². The predicted octanol–water partition coefficient (Wildman–Crippen LogP) is 1.98. The number of rotatable bonds is 5. The van der Waals surface area contributed by atoms with Crippen LogP contribution in [-0.2, 0) is 14.8 Å². The molecule has 8 heteroatoms. The second-order valence-corrected chi connectivity index (χ2v) is 8.25. The monoisotopic (exact) mass is 373 g/mol. The maximum atomic E-state index is 12.0. The third kappa shape index (κ3) is 4.62. The highest BCUT2D eigenvalue weighted by molar-refractivity contribution is 7.93. The van der Waals surface area contributed by atoms with Gasteiger partial charge in [-0.05, 0) is 62.5 Å². The van der Waals surface area contributed by atoms with Crippen molar-refractivity contribution < 1.29 is 13.2 Å². The fourth-order valence-electron chi connectivity index (χ4n) is 3.16. The fourth-order valence-corrected chi connectivity index (χ4v) is 4.72. The SMILES string of the molecule is Cl.O=C(CCC1CCNC1)Nc1ccc(N2CCCS2(=O)=O)cc1. The van der Waals surface area contributed by atoms with Crippen LogP contribution in [0.3, 0.4) is 0 Å². The first-order chi connectivity index (χ1) is 11.0. The summed E-state index contributed by atoms with van der Waals surface area (Å²) in [6.07, 6.45) is 3.24. The van der Waals surface area contributed by atoms with Gasteiger partial charge >= 0.3 is 0 Å². The van der Waals surface area contributed by atoms with E-state index in [-0.39, 0.29) is 24.1 Å². The quantitative estimate of drug-likeness (QED) is 0.827. The fraction of sp³-hybridized carbons (Fsp3) is 0.562. The molecule has 0 aromatic heterocycles. The van der Waals surface area contributed by atoms with Gasteiger partial charge in [0.15, 0.2) is 0 Å². The number of anilines is 2. The Hall–Kier alpha value is -1.31. The molecule has 2 fully saturated rings. The molecule has 0 bridgehead atoms. The van der Waals surface area contributed by atoms with Crippen LogP contribution in [0.4, 0.5) is 11.4 Å². The zero-order valence-electron chi connectivity index (χ0n) is 13.5. The van der Waals surface area contributed by atoms with Crippen LogP contribution in [0.2, 0.25) is 0 Å². The third-order valence-electron chi connectivity index (χ3n) is 4.48. The summed E-state index contributed by atoms with van der Waals surface area (Å²) >= 11 is 0. The molecule has 2 N–H and O–H groups in total. The Balaban J connectivity index is 0.00000208. The van der Waals surface area contributed by atoms with Gasteiger partial charge in [0.2, 0.25) is 15.9 Å². The molecule has 2 saturated heterocycles. The van der Waals surface area contributed by atoms with E-state index in [1.165, 1.54) is 4.31 Å². The predicted molar refractivity (Wildman–Crippen MR) is 98.3 cm³/mol. The summed E-state index contributed by atoms with van der Waals surface area (Å²) in [6.45, 7) is 2.59. The molecule has 1 aromatic carbocycles. The second-order valence-electron chi connectivity index (χ2n) is 6.23. The van der Waals surface area contributed by atoms with Gasteiger partial charge in [0.25, 0.3) is 0 Å². The van der Waals surface area contributed by atoms with Gasteiger partial charge in [-0.1, -0.05) is 0 Å². The molecule has 2 aliphatic rings. The van der Waals surface area contributed by atoms with Gasteiger partial charge in [0.05, 0.1) is 11.4 Å². The smallest absolute Gasteiger partial charge is 0.235 e. The van der Waals surface area contributed by atoms with E-state index in [0.29, 0.717) is 36.7 Å². The molecule has 2 heterocycles. The number of carbonyl (C=O) groups excluding carboxylic acids is 1. The number of benzene rings is 1. The van der Waals surface area contributed by atoms with Crippen molar-refractivity contribution in [3.05, 3.63) is 24.3 Å². The lowest BCUT2D eigenvalue weighted by molar-refractivity contribution is -0.116. The van der Waals surface area contributed by atoms with Crippen molar-refractivity contribution >= 4 is 39.7 Å². The lowest BCUT2D eigenvalue weighted by Gasteiger charge is -2.17. The Labute approximate surface area is 149 Å². The van der Waals surface area contributed by atoms with Gasteiger partial charge in [0.1, 0.15) is 0 Å². The van der Waals surface area contributed by atoms with Crippen molar-refractivity contribution in [2.75, 3.05) is 35.0 Å². The molecule has 0 radical (unpaired) electrons. The molecule has 6 nitrogen and oxygen atoms in total. The zero-order chi connectivity index (χ0) is 16.3. The topological polar surface area (TPSA) is 78.5 Å². The van der Waals surface area contributed by atoms with E-state index in [2.05, 4.69) is 10.6 Å². The minimum absolute atomic E-state index is 0. The van der Waals surface area contributed by atoms with Crippen molar-refractivity contribution in [1.82, 2.24) is 5.32 Å². The van der Waals surface area contributed by atoms with Crippen molar-refractivity contribution in [2.45, 2.75) is 25.7 Å². The third-order valence-corrected chi connectivity index (χ3v) is 6.35. The Morgan fingerprint density at radius 1 is 1.29 bits per heavy atom. The first-order valence-corrected chi connectivity index (χ1v) is 9.76. The zero-order valence-corrected chi connectivity index (χ0v) is 15.2. The number of hydrogen-bond donors (Lipinski definition) is 2. The van der Waals surface area contributed by atoms with Gasteiger partial charge in [-0.2, -0.15) is 0 Å². The van der Waals surface area contributed by atoms with Crippen LogP contribution in [0.5, 0.6) is 0 Å². The van der Waals surface area contributed by atoms with E-state index in [0.717, 1.165) is 25.9 Å². The standard InChI is InChI=1S/C16H23N3O3S.ClH/c20-16(7-2-13-8-9-17-12-13)18-14-3-5-15(6-4-14)19-10-1-11-23(19,21)22;/h3-6,13,17H,1-2,7-12H2,(H,18,20);1H. The number of halogens is 1. The van der Waals surface area contributed by atoms with Crippen LogP contribution in [0.1, 0.15) is 25.7 Å². The minimum atomic E-state index is -3.15. The summed E-state index contributed by atoms with van der Waals surface area (Å²) in [7, 11) is -3.15. The molecule has 0 spiro atoms. The lowest BCUT2D eigenvalue weighted by Crippen LogP contribution is -2.25. The van der Waals surface area contributed by atoms with Gasteiger partial charge in [-0.25, -0.2) is 8.42 Å². The summed E-state index contributed by atoms with van der Waals surface area (Å²) in [5, 5.41) is 6.18. The number of amides is 1. The number of hydrogen-bond acceptors (Lipinski definition) is 4. The van der Waals surface area contributed by atoms with Crippen molar-refractivity contribution in [3.8, 4) is 0 Å². The molecule has 24 heavy (non-hydrogen) atoms. The number of nitrogens with zero attached hydrogens (tertiary/aromatic N) is 1. The molecule has 134 valence electrons. The van der Waals surface area contributed by atoms with Crippen LogP contribution in [0.15, 0.2) is 24.3 Å². The van der Waals surface area contributed by atoms with E-state index in [1.54, 1.807) is 24.3 Å². The average molecular weight is 374 g/mol. The van der Waals surface area contributed by atoms with Crippen molar-refractivity contribution in [2.24, 2.45) is 5.92 Å². The Morgan fingerprint density at radius 2 is 2.04 bits per heavy atom. The molecule has 0 saturated carbocycles. The Bertz CT molecular complexity index is 658. The summed E-state index contributed by atoms with van der Waals surface area (Å²) in [5.41, 5.74) is 1.37. The van der Waals surface area contributed by atoms with Gasteiger partial charge < -0.3 is 10.6 Å². The lowest BCUT2D eigenvalue weighted by atomic mass is 10.0. The van der Waals surface area contributed by atoms with E-state index < -0.39 is 10.0 Å². The first kappa shape index (κ1) is 19.0. The molecule has 1 unspecified atom stereocenters. The summed E-state index contributed by atoms with van der Waals surface area (Å²) in [6, 6.07) is 7.02. The van der Waals surface area contributed by atoms with E-state index in [9.17, 15) is 13.2 Å². The maximum Gasteiger partial charge on any atom is 0.235 e. The Morgan fingerprint density at radius 3 is 2.62 bits per heavy atom.